The van der Waals surface area contributed by atoms with Crippen LogP contribution in [0.1, 0.15) is 44.9 Å². The molecule has 0 aromatic carbocycles. The van der Waals surface area contributed by atoms with E-state index in [4.69, 9.17) is 10.2 Å². The maximum Gasteiger partial charge on any atom is 0.354 e. The topological polar surface area (TPSA) is 100 Å². The molecule has 0 aliphatic carbocycles. The highest BCUT2D eigenvalue weighted by Crippen LogP contribution is 2.10. The van der Waals surface area contributed by atoms with Gasteiger partial charge in [-0.2, -0.15) is 0 Å². The van der Waals surface area contributed by atoms with Crippen LogP contribution >= 0.6 is 0 Å². The Labute approximate surface area is 127 Å². The molecule has 0 spiro atoms. The zero-order valence-electron chi connectivity index (χ0n) is 11.9. The van der Waals surface area contributed by atoms with Gasteiger partial charge in [0.2, 0.25) is 0 Å². The lowest BCUT2D eigenvalue weighted by Crippen LogP contribution is -2.02. The molecule has 0 atom stereocenters. The van der Waals surface area contributed by atoms with E-state index in [0.717, 1.165) is 36.8 Å². The molecule has 0 aliphatic rings. The second kappa shape index (κ2) is 7.31. The van der Waals surface area contributed by atoms with Crippen LogP contribution in [0.2, 0.25) is 0 Å². The first kappa shape index (κ1) is 15.6. The summed E-state index contributed by atoms with van der Waals surface area (Å²) in [5.74, 6) is -2.06. The van der Waals surface area contributed by atoms with E-state index < -0.39 is 11.9 Å². The minimum absolute atomic E-state index is 0.0535. The van der Waals surface area contributed by atoms with Crippen molar-refractivity contribution >= 4 is 11.9 Å². The third-order valence-corrected chi connectivity index (χ3v) is 3.27. The van der Waals surface area contributed by atoms with E-state index in [9.17, 15) is 9.59 Å². The summed E-state index contributed by atoms with van der Waals surface area (Å²) in [5, 5.41) is 17.8. The van der Waals surface area contributed by atoms with Crippen molar-refractivity contribution in [3.8, 4) is 0 Å². The molecule has 0 fully saturated rings. The van der Waals surface area contributed by atoms with E-state index in [1.165, 1.54) is 12.4 Å². The molecule has 0 aliphatic heterocycles. The maximum atomic E-state index is 10.8. The molecular weight excluding hydrogens is 284 g/mol. The number of unbranched alkanes of at least 4 members (excludes halogenated alkanes) is 1. The zero-order chi connectivity index (χ0) is 15.9. The van der Waals surface area contributed by atoms with Gasteiger partial charge in [-0.1, -0.05) is 0 Å². The average molecular weight is 300 g/mol. The summed E-state index contributed by atoms with van der Waals surface area (Å²) in [7, 11) is 0. The molecule has 6 nitrogen and oxygen atoms in total. The summed E-state index contributed by atoms with van der Waals surface area (Å²) in [6, 6.07) is 6.78. The van der Waals surface area contributed by atoms with Crippen molar-refractivity contribution in [2.75, 3.05) is 0 Å². The van der Waals surface area contributed by atoms with Crippen LogP contribution in [0.25, 0.3) is 0 Å². The van der Waals surface area contributed by atoms with Crippen LogP contribution < -0.4 is 0 Å². The van der Waals surface area contributed by atoms with Crippen molar-refractivity contribution in [2.24, 2.45) is 0 Å². The van der Waals surface area contributed by atoms with Gasteiger partial charge in [0.15, 0.2) is 0 Å². The lowest BCUT2D eigenvalue weighted by Gasteiger charge is -2.04. The predicted molar refractivity (Wildman–Crippen MR) is 79.0 cm³/mol. The summed E-state index contributed by atoms with van der Waals surface area (Å²) in [4.78, 5) is 29.2. The number of aromatic nitrogens is 2. The predicted octanol–water partition coefficient (Wildman–Crippen LogP) is 2.44. The van der Waals surface area contributed by atoms with Crippen molar-refractivity contribution < 1.29 is 19.8 Å². The summed E-state index contributed by atoms with van der Waals surface area (Å²) < 4.78 is 0. The van der Waals surface area contributed by atoms with Gasteiger partial charge in [0.25, 0.3) is 0 Å². The van der Waals surface area contributed by atoms with Crippen molar-refractivity contribution in [1.82, 2.24) is 9.97 Å². The second-order valence-corrected chi connectivity index (χ2v) is 4.92. The number of carbonyl (C=O) groups is 2. The second-order valence-electron chi connectivity index (χ2n) is 4.92. The van der Waals surface area contributed by atoms with Crippen molar-refractivity contribution in [1.29, 1.82) is 0 Å². The van der Waals surface area contributed by atoms with E-state index in [2.05, 4.69) is 9.97 Å². The Kier molecular flexibility index (Phi) is 5.19. The molecule has 2 aromatic rings. The molecule has 6 heteroatoms. The summed E-state index contributed by atoms with van der Waals surface area (Å²) in [6.07, 6.45) is 6.29. The first-order valence-corrected chi connectivity index (χ1v) is 6.92. The fourth-order valence-corrected chi connectivity index (χ4v) is 2.15. The molecule has 0 bridgehead atoms. The third-order valence-electron chi connectivity index (χ3n) is 3.27. The monoisotopic (exact) mass is 300 g/mol. The largest absolute Gasteiger partial charge is 0.477 e. The smallest absolute Gasteiger partial charge is 0.354 e. The molecule has 0 saturated carbocycles. The zero-order valence-corrected chi connectivity index (χ0v) is 11.9. The highest BCUT2D eigenvalue weighted by molar-refractivity contribution is 5.85. The SMILES string of the molecule is O=C(O)c1cc(CCCCc2ccnc(C(=O)O)c2)ccn1. The van der Waals surface area contributed by atoms with E-state index in [1.807, 2.05) is 0 Å². The number of nitrogens with zero attached hydrogens (tertiary/aromatic N) is 2. The number of pyridine rings is 2. The molecule has 2 aromatic heterocycles. The van der Waals surface area contributed by atoms with E-state index in [1.54, 1.807) is 24.3 Å². The Hall–Kier alpha value is -2.76. The standard InChI is InChI=1S/C16H16N2O4/c19-15(20)13-9-11(5-7-17-13)3-1-2-4-12-6-8-18-14(10-12)16(21)22/h5-10H,1-4H2,(H,19,20)(H,21,22). The molecule has 2 heterocycles. The Morgan fingerprint density at radius 3 is 1.59 bits per heavy atom. The van der Waals surface area contributed by atoms with Gasteiger partial charge >= 0.3 is 11.9 Å². The lowest BCUT2D eigenvalue weighted by atomic mass is 10.0. The van der Waals surface area contributed by atoms with Gasteiger partial charge in [-0.15, -0.1) is 0 Å². The number of hydrogen-bond acceptors (Lipinski definition) is 4. The minimum Gasteiger partial charge on any atom is -0.477 e. The Morgan fingerprint density at radius 2 is 1.23 bits per heavy atom. The fourth-order valence-electron chi connectivity index (χ4n) is 2.15. The molecular formula is C16H16N2O4. The molecule has 22 heavy (non-hydrogen) atoms. The minimum atomic E-state index is -1.03. The number of rotatable bonds is 7. The van der Waals surface area contributed by atoms with Gasteiger partial charge < -0.3 is 10.2 Å². The Morgan fingerprint density at radius 1 is 0.818 bits per heavy atom. The number of aromatic carboxylic acids is 2. The van der Waals surface area contributed by atoms with Crippen LogP contribution in [0.15, 0.2) is 36.7 Å². The first-order valence-electron chi connectivity index (χ1n) is 6.92. The van der Waals surface area contributed by atoms with Gasteiger partial charge in [-0.3, -0.25) is 0 Å². The van der Waals surface area contributed by atoms with Crippen molar-refractivity contribution in [3.05, 3.63) is 59.2 Å². The summed E-state index contributed by atoms with van der Waals surface area (Å²) >= 11 is 0. The number of hydrogen-bond donors (Lipinski definition) is 2. The molecule has 0 amide bonds. The molecule has 2 N–H and O–H groups in total. The quantitative estimate of drug-likeness (QED) is 0.762. The van der Waals surface area contributed by atoms with Gasteiger partial charge in [0.1, 0.15) is 11.4 Å². The van der Waals surface area contributed by atoms with Crippen LogP contribution in [0, 0.1) is 0 Å². The van der Waals surface area contributed by atoms with Gasteiger partial charge in [0.05, 0.1) is 0 Å². The molecule has 2 rings (SSSR count). The van der Waals surface area contributed by atoms with Gasteiger partial charge in [0, 0.05) is 12.4 Å². The average Bonchev–Trinajstić information content (AvgIpc) is 2.52. The third kappa shape index (κ3) is 4.37. The van der Waals surface area contributed by atoms with E-state index in [0.29, 0.717) is 0 Å². The molecule has 114 valence electrons. The first-order chi connectivity index (χ1) is 10.6. The van der Waals surface area contributed by atoms with Gasteiger partial charge in [-0.05, 0) is 61.1 Å². The molecule has 0 saturated heterocycles. The van der Waals surface area contributed by atoms with Crippen LogP contribution in [0.5, 0.6) is 0 Å². The van der Waals surface area contributed by atoms with Crippen molar-refractivity contribution in [2.45, 2.75) is 25.7 Å². The fraction of sp³-hybridized carbons (Fsp3) is 0.250. The number of carboxylic acids is 2. The van der Waals surface area contributed by atoms with Crippen LogP contribution in [0.4, 0.5) is 0 Å². The molecule has 0 unspecified atom stereocenters. The highest BCUT2D eigenvalue weighted by atomic mass is 16.4. The number of carboxylic acid groups (broad SMARTS) is 2. The van der Waals surface area contributed by atoms with Crippen LogP contribution in [-0.4, -0.2) is 32.1 Å². The van der Waals surface area contributed by atoms with Crippen LogP contribution in [-0.2, 0) is 12.8 Å². The summed E-state index contributed by atoms with van der Waals surface area (Å²) in [5.41, 5.74) is 1.98. The summed E-state index contributed by atoms with van der Waals surface area (Å²) in [6.45, 7) is 0. The lowest BCUT2D eigenvalue weighted by molar-refractivity contribution is 0.0679. The van der Waals surface area contributed by atoms with Crippen LogP contribution in [0.3, 0.4) is 0 Å². The van der Waals surface area contributed by atoms with E-state index in [-0.39, 0.29) is 11.4 Å². The number of aryl methyl sites for hydroxylation is 2. The van der Waals surface area contributed by atoms with Gasteiger partial charge in [-0.25, -0.2) is 19.6 Å². The highest BCUT2D eigenvalue weighted by Gasteiger charge is 2.06. The van der Waals surface area contributed by atoms with E-state index >= 15 is 0 Å². The Bertz CT molecular complexity index is 626. The maximum absolute atomic E-state index is 10.8. The molecule has 0 radical (unpaired) electrons. The Balaban J connectivity index is 1.84. The van der Waals surface area contributed by atoms with Crippen molar-refractivity contribution in [3.63, 3.8) is 0 Å². The normalized spacial score (nSPS) is 10.4.